The summed E-state index contributed by atoms with van der Waals surface area (Å²) in [7, 11) is 0. The fourth-order valence-electron chi connectivity index (χ4n) is 12.6. The van der Waals surface area contributed by atoms with Crippen molar-refractivity contribution in [3.63, 3.8) is 0 Å². The van der Waals surface area contributed by atoms with Crippen LogP contribution in [-0.2, 0) is 16.2 Å². The van der Waals surface area contributed by atoms with Crippen molar-refractivity contribution in [2.75, 3.05) is 4.90 Å². The van der Waals surface area contributed by atoms with Crippen LogP contribution in [0.3, 0.4) is 0 Å². The second-order valence-electron chi connectivity index (χ2n) is 19.3. The average molecular weight is 856 g/mol. The second-order valence-corrected chi connectivity index (χ2v) is 19.3. The van der Waals surface area contributed by atoms with Crippen LogP contribution >= 0.6 is 0 Å². The minimum atomic E-state index is -0.539. The number of nitrogens with zero attached hydrogens (tertiary/aromatic N) is 1. The van der Waals surface area contributed by atoms with Gasteiger partial charge in [0.05, 0.1) is 11.1 Å². The molecule has 0 radical (unpaired) electrons. The van der Waals surface area contributed by atoms with Gasteiger partial charge in [-0.2, -0.15) is 0 Å². The summed E-state index contributed by atoms with van der Waals surface area (Å²) < 4.78 is 0. The third-order valence-corrected chi connectivity index (χ3v) is 15.6. The molecule has 1 heteroatoms. The molecular formula is C66H49N. The Morgan fingerprint density at radius 3 is 1.43 bits per heavy atom. The van der Waals surface area contributed by atoms with E-state index in [2.05, 4.69) is 268 Å². The fraction of sp³-hybridized carbons (Fsp3) is 0.0909. The van der Waals surface area contributed by atoms with E-state index in [-0.39, 0.29) is 5.41 Å². The molecule has 10 aromatic rings. The van der Waals surface area contributed by atoms with E-state index in [1.165, 1.54) is 100 Å². The largest absolute Gasteiger partial charge is 0.310 e. The summed E-state index contributed by atoms with van der Waals surface area (Å²) in [6, 6.07) is 91.0. The highest BCUT2D eigenvalue weighted by atomic mass is 15.1. The first-order chi connectivity index (χ1) is 32.9. The van der Waals surface area contributed by atoms with Gasteiger partial charge in [-0.25, -0.2) is 0 Å². The van der Waals surface area contributed by atoms with Gasteiger partial charge in [-0.15, -0.1) is 0 Å². The van der Waals surface area contributed by atoms with Gasteiger partial charge in [-0.1, -0.05) is 226 Å². The smallest absolute Gasteiger partial charge is 0.0714 e. The van der Waals surface area contributed by atoms with Crippen LogP contribution in [0.4, 0.5) is 17.1 Å². The monoisotopic (exact) mass is 855 g/mol. The lowest BCUT2D eigenvalue weighted by atomic mass is 9.67. The minimum absolute atomic E-state index is 0.164. The Morgan fingerprint density at radius 1 is 0.299 bits per heavy atom. The van der Waals surface area contributed by atoms with Gasteiger partial charge in [0.1, 0.15) is 0 Å². The highest BCUT2D eigenvalue weighted by molar-refractivity contribution is 5.99. The van der Waals surface area contributed by atoms with E-state index >= 15 is 0 Å². The summed E-state index contributed by atoms with van der Waals surface area (Å²) in [5.41, 5.74) is 24.3. The molecular weight excluding hydrogens is 807 g/mol. The van der Waals surface area contributed by atoms with Crippen molar-refractivity contribution in [2.24, 2.45) is 0 Å². The molecule has 10 aromatic carbocycles. The maximum absolute atomic E-state index is 2.58. The van der Waals surface area contributed by atoms with Crippen molar-refractivity contribution in [3.05, 3.63) is 293 Å². The molecule has 0 amide bonds. The Labute approximate surface area is 394 Å². The molecule has 0 heterocycles. The number of hydrogen-bond acceptors (Lipinski definition) is 1. The van der Waals surface area contributed by atoms with E-state index < -0.39 is 10.8 Å². The zero-order chi connectivity index (χ0) is 44.9. The molecule has 67 heavy (non-hydrogen) atoms. The highest BCUT2D eigenvalue weighted by Crippen LogP contribution is 2.61. The molecule has 0 saturated heterocycles. The van der Waals surface area contributed by atoms with Gasteiger partial charge >= 0.3 is 0 Å². The van der Waals surface area contributed by atoms with Gasteiger partial charge in [0.15, 0.2) is 0 Å². The molecule has 13 rings (SSSR count). The molecule has 0 spiro atoms. The van der Waals surface area contributed by atoms with Crippen LogP contribution in [0.25, 0.3) is 44.5 Å². The average Bonchev–Trinajstić information content (AvgIpc) is 3.93. The molecule has 0 aromatic heterocycles. The van der Waals surface area contributed by atoms with Gasteiger partial charge in [-0.3, -0.25) is 0 Å². The van der Waals surface area contributed by atoms with E-state index in [9.17, 15) is 0 Å². The molecule has 0 aliphatic heterocycles. The van der Waals surface area contributed by atoms with Crippen molar-refractivity contribution in [2.45, 2.75) is 37.0 Å². The van der Waals surface area contributed by atoms with Crippen molar-refractivity contribution in [1.29, 1.82) is 0 Å². The third-order valence-electron chi connectivity index (χ3n) is 15.6. The molecule has 3 aliphatic rings. The second kappa shape index (κ2) is 14.8. The summed E-state index contributed by atoms with van der Waals surface area (Å²) in [5, 5.41) is 0. The number of rotatable bonds is 7. The fourth-order valence-corrected chi connectivity index (χ4v) is 12.6. The minimum Gasteiger partial charge on any atom is -0.310 e. The lowest BCUT2D eigenvalue weighted by Gasteiger charge is -2.35. The first-order valence-corrected chi connectivity index (χ1v) is 23.7. The van der Waals surface area contributed by atoms with E-state index in [1.807, 2.05) is 0 Å². The standard InChI is InChI=1S/C66H49N/c1-64(2)55-33-18-17-31-53(55)63-57(64)35-21-37-61(63)67(49-38-40-52-51-30-16-19-34-56(51)66(60(52)43-49,46-26-12-6-13-27-46)47-28-14-7-15-29-47)48-39-41-54-59(42-48)65(3,45-24-10-5-11-25-45)58-36-20-32-50(62(54)58)44-22-8-4-9-23-44/h4-43H,1-3H3. The first-order valence-electron chi connectivity index (χ1n) is 23.7. The van der Waals surface area contributed by atoms with Crippen molar-refractivity contribution >= 4 is 17.1 Å². The molecule has 1 nitrogen and oxygen atoms in total. The molecule has 0 saturated carbocycles. The van der Waals surface area contributed by atoms with Crippen molar-refractivity contribution < 1.29 is 0 Å². The van der Waals surface area contributed by atoms with Crippen LogP contribution < -0.4 is 4.90 Å². The lowest BCUT2D eigenvalue weighted by Crippen LogP contribution is -2.28. The van der Waals surface area contributed by atoms with Crippen LogP contribution in [0, 0.1) is 0 Å². The van der Waals surface area contributed by atoms with Crippen molar-refractivity contribution in [3.8, 4) is 44.5 Å². The van der Waals surface area contributed by atoms with Crippen LogP contribution in [0.1, 0.15) is 70.8 Å². The lowest BCUT2D eigenvalue weighted by molar-refractivity contribution is 0.660. The Kier molecular flexibility index (Phi) is 8.67. The van der Waals surface area contributed by atoms with Gasteiger partial charge in [0.25, 0.3) is 0 Å². The van der Waals surface area contributed by atoms with E-state index in [0.717, 1.165) is 11.4 Å². The number of hydrogen-bond donors (Lipinski definition) is 0. The van der Waals surface area contributed by atoms with Crippen molar-refractivity contribution in [1.82, 2.24) is 0 Å². The zero-order valence-electron chi connectivity index (χ0n) is 38.0. The summed E-state index contributed by atoms with van der Waals surface area (Å²) in [6.07, 6.45) is 0. The summed E-state index contributed by atoms with van der Waals surface area (Å²) >= 11 is 0. The quantitative estimate of drug-likeness (QED) is 0.154. The zero-order valence-corrected chi connectivity index (χ0v) is 38.0. The predicted octanol–water partition coefficient (Wildman–Crippen LogP) is 16.8. The van der Waals surface area contributed by atoms with Gasteiger partial charge < -0.3 is 4.90 Å². The van der Waals surface area contributed by atoms with Gasteiger partial charge in [-0.05, 0) is 126 Å². The summed E-state index contributed by atoms with van der Waals surface area (Å²) in [6.45, 7) is 7.21. The van der Waals surface area contributed by atoms with E-state index in [4.69, 9.17) is 0 Å². The molecule has 318 valence electrons. The number of fused-ring (bicyclic) bond motifs is 9. The Morgan fingerprint density at radius 2 is 0.761 bits per heavy atom. The van der Waals surface area contributed by atoms with Gasteiger partial charge in [0, 0.05) is 27.8 Å². The molecule has 1 atom stereocenters. The molecule has 3 aliphatic carbocycles. The first kappa shape index (κ1) is 39.4. The van der Waals surface area contributed by atoms with Crippen LogP contribution in [-0.4, -0.2) is 0 Å². The molecule has 0 bridgehead atoms. The SMILES string of the molecule is CC1(C)c2ccccc2-c2c(N(c3ccc4c(c3)C(C)(c3ccccc3)c3cccc(-c5ccccc5)c3-4)c3ccc4c(c3)C(c3ccccc3)(c3ccccc3)c3ccccc3-4)cccc21. The number of anilines is 3. The highest BCUT2D eigenvalue weighted by Gasteiger charge is 2.47. The van der Waals surface area contributed by atoms with Gasteiger partial charge in [0.2, 0.25) is 0 Å². The van der Waals surface area contributed by atoms with Crippen LogP contribution in [0.5, 0.6) is 0 Å². The predicted molar refractivity (Wildman–Crippen MR) is 279 cm³/mol. The third kappa shape index (κ3) is 5.49. The molecule has 0 N–H and O–H groups in total. The summed E-state index contributed by atoms with van der Waals surface area (Å²) in [5.74, 6) is 0. The van der Waals surface area contributed by atoms with E-state index in [1.54, 1.807) is 0 Å². The number of benzene rings is 10. The maximum Gasteiger partial charge on any atom is 0.0714 e. The Balaban J connectivity index is 1.11. The van der Waals surface area contributed by atoms with Crippen LogP contribution in [0.15, 0.2) is 243 Å². The topological polar surface area (TPSA) is 3.24 Å². The molecule has 1 unspecified atom stereocenters. The Hall–Kier alpha value is -8.00. The maximum atomic E-state index is 2.58. The van der Waals surface area contributed by atoms with Crippen LogP contribution in [0.2, 0.25) is 0 Å². The molecule has 0 fully saturated rings. The normalized spacial score (nSPS) is 16.3. The van der Waals surface area contributed by atoms with E-state index in [0.29, 0.717) is 0 Å². The summed E-state index contributed by atoms with van der Waals surface area (Å²) in [4.78, 5) is 2.58. The Bertz CT molecular complexity index is 3510.